The van der Waals surface area contributed by atoms with Crippen LogP contribution in [0.1, 0.15) is 24.2 Å². The lowest BCUT2D eigenvalue weighted by Gasteiger charge is -2.23. The van der Waals surface area contributed by atoms with Gasteiger partial charge in [0, 0.05) is 29.3 Å². The van der Waals surface area contributed by atoms with E-state index in [1.54, 1.807) is 18.3 Å². The summed E-state index contributed by atoms with van der Waals surface area (Å²) in [7, 11) is 2.04. The Morgan fingerprint density at radius 2 is 2.05 bits per heavy atom. The summed E-state index contributed by atoms with van der Waals surface area (Å²) in [6, 6.07) is 8.09. The van der Waals surface area contributed by atoms with Crippen molar-refractivity contribution < 1.29 is 5.11 Å². The van der Waals surface area contributed by atoms with E-state index < -0.39 is 6.10 Å². The monoisotopic (exact) mass is 403 g/mol. The third kappa shape index (κ3) is 3.81. The van der Waals surface area contributed by atoms with Crippen LogP contribution in [0, 0.1) is 0 Å². The quantitative estimate of drug-likeness (QED) is 0.777. The molecule has 2 nitrogen and oxygen atoms in total. The van der Waals surface area contributed by atoms with Gasteiger partial charge in [-0.05, 0) is 52.0 Å². The van der Waals surface area contributed by atoms with Gasteiger partial charge in [0.15, 0.2) is 0 Å². The van der Waals surface area contributed by atoms with Crippen molar-refractivity contribution in [3.63, 3.8) is 0 Å². The van der Waals surface area contributed by atoms with Crippen LogP contribution in [0.3, 0.4) is 0 Å². The van der Waals surface area contributed by atoms with Crippen molar-refractivity contribution in [2.24, 2.45) is 0 Å². The molecule has 0 saturated carbocycles. The van der Waals surface area contributed by atoms with Crippen LogP contribution in [0.15, 0.2) is 37.9 Å². The molecule has 0 aliphatic carbocycles. The average molecular weight is 405 g/mol. The standard InChI is InChI=1S/C14H15Br2NOS/c1-9(18)12-4-3-11(15)6-13(12)17(2)7-10-5-14(16)19-8-10/h3-6,8-9,18H,7H2,1-2H3. The van der Waals surface area contributed by atoms with Crippen LogP contribution in [0.25, 0.3) is 0 Å². The molecule has 0 bridgehead atoms. The lowest BCUT2D eigenvalue weighted by atomic mass is 10.1. The minimum Gasteiger partial charge on any atom is -0.389 e. The minimum absolute atomic E-state index is 0.472. The molecule has 0 saturated heterocycles. The van der Waals surface area contributed by atoms with Crippen LogP contribution >= 0.6 is 43.2 Å². The molecule has 19 heavy (non-hydrogen) atoms. The number of aliphatic hydroxyl groups is 1. The van der Waals surface area contributed by atoms with Gasteiger partial charge in [-0.2, -0.15) is 0 Å². The topological polar surface area (TPSA) is 23.5 Å². The van der Waals surface area contributed by atoms with E-state index in [2.05, 4.69) is 48.2 Å². The minimum atomic E-state index is -0.472. The Kier molecular flexibility index (Phi) is 5.06. The second-order valence-electron chi connectivity index (χ2n) is 4.49. The molecule has 5 heteroatoms. The molecule has 1 heterocycles. The second-order valence-corrected chi connectivity index (χ2v) is 7.70. The first-order chi connectivity index (χ1) is 8.97. The summed E-state index contributed by atoms with van der Waals surface area (Å²) in [5, 5.41) is 12.0. The molecule has 1 aromatic heterocycles. The summed E-state index contributed by atoms with van der Waals surface area (Å²) in [6.07, 6.45) is -0.472. The zero-order valence-corrected chi connectivity index (χ0v) is 14.7. The largest absolute Gasteiger partial charge is 0.389 e. The van der Waals surface area contributed by atoms with Crippen molar-refractivity contribution in [3.8, 4) is 0 Å². The first-order valence-electron chi connectivity index (χ1n) is 5.89. The van der Waals surface area contributed by atoms with E-state index in [0.717, 1.165) is 26.1 Å². The van der Waals surface area contributed by atoms with Crippen LogP contribution in [0.2, 0.25) is 0 Å². The van der Waals surface area contributed by atoms with E-state index in [9.17, 15) is 5.11 Å². The summed E-state index contributed by atoms with van der Waals surface area (Å²) >= 11 is 8.66. The fourth-order valence-electron chi connectivity index (χ4n) is 1.99. The van der Waals surface area contributed by atoms with E-state index >= 15 is 0 Å². The zero-order chi connectivity index (χ0) is 14.0. The fraction of sp³-hybridized carbons (Fsp3) is 0.286. The number of anilines is 1. The molecule has 0 radical (unpaired) electrons. The highest BCUT2D eigenvalue weighted by molar-refractivity contribution is 9.11. The Morgan fingerprint density at radius 1 is 1.32 bits per heavy atom. The average Bonchev–Trinajstić information content (AvgIpc) is 2.74. The number of thiophene rings is 1. The van der Waals surface area contributed by atoms with Crippen molar-refractivity contribution in [1.29, 1.82) is 0 Å². The number of benzene rings is 1. The summed E-state index contributed by atoms with van der Waals surface area (Å²) in [5.74, 6) is 0. The number of nitrogens with zero attached hydrogens (tertiary/aromatic N) is 1. The summed E-state index contributed by atoms with van der Waals surface area (Å²) in [4.78, 5) is 2.15. The predicted molar refractivity (Wildman–Crippen MR) is 88.9 cm³/mol. The summed E-state index contributed by atoms with van der Waals surface area (Å²) in [5.41, 5.74) is 3.25. The molecule has 1 atom stereocenters. The Hall–Kier alpha value is -0.360. The lowest BCUT2D eigenvalue weighted by Crippen LogP contribution is -2.18. The van der Waals surface area contributed by atoms with E-state index in [1.165, 1.54) is 5.56 Å². The van der Waals surface area contributed by atoms with E-state index in [1.807, 2.05) is 25.2 Å². The normalized spacial score (nSPS) is 12.5. The van der Waals surface area contributed by atoms with Crippen molar-refractivity contribution in [1.82, 2.24) is 0 Å². The molecule has 0 amide bonds. The fourth-order valence-corrected chi connectivity index (χ4v) is 3.54. The second kappa shape index (κ2) is 6.39. The maximum absolute atomic E-state index is 9.87. The Balaban J connectivity index is 2.27. The van der Waals surface area contributed by atoms with Gasteiger partial charge < -0.3 is 10.0 Å². The smallest absolute Gasteiger partial charge is 0.0782 e. The highest BCUT2D eigenvalue weighted by Crippen LogP contribution is 2.31. The van der Waals surface area contributed by atoms with E-state index in [4.69, 9.17) is 0 Å². The molecule has 102 valence electrons. The number of hydrogen-bond donors (Lipinski definition) is 1. The van der Waals surface area contributed by atoms with Gasteiger partial charge in [0.1, 0.15) is 0 Å². The molecular weight excluding hydrogens is 390 g/mol. The van der Waals surface area contributed by atoms with Gasteiger partial charge in [0.25, 0.3) is 0 Å². The van der Waals surface area contributed by atoms with Crippen LogP contribution < -0.4 is 4.90 Å². The maximum atomic E-state index is 9.87. The van der Waals surface area contributed by atoms with Crippen LogP contribution in [-0.2, 0) is 6.54 Å². The van der Waals surface area contributed by atoms with Gasteiger partial charge in [0.05, 0.1) is 9.89 Å². The Morgan fingerprint density at radius 3 is 2.63 bits per heavy atom. The summed E-state index contributed by atoms with van der Waals surface area (Å²) < 4.78 is 2.16. The number of hydrogen-bond acceptors (Lipinski definition) is 3. The molecule has 1 aromatic carbocycles. The van der Waals surface area contributed by atoms with E-state index in [-0.39, 0.29) is 0 Å². The third-order valence-corrected chi connectivity index (χ3v) is 4.94. The molecule has 0 fully saturated rings. The number of halogens is 2. The van der Waals surface area contributed by atoms with Crippen molar-refractivity contribution >= 4 is 48.9 Å². The van der Waals surface area contributed by atoms with Crippen LogP contribution in [0.5, 0.6) is 0 Å². The summed E-state index contributed by atoms with van der Waals surface area (Å²) in [6.45, 7) is 2.61. The number of rotatable bonds is 4. The Bertz CT molecular complexity index is 568. The van der Waals surface area contributed by atoms with Gasteiger partial charge in [-0.3, -0.25) is 0 Å². The van der Waals surface area contributed by atoms with Gasteiger partial charge in [-0.1, -0.05) is 22.0 Å². The van der Waals surface area contributed by atoms with Crippen LogP contribution in [-0.4, -0.2) is 12.2 Å². The van der Waals surface area contributed by atoms with Crippen LogP contribution in [0.4, 0.5) is 5.69 Å². The lowest BCUT2D eigenvalue weighted by molar-refractivity contribution is 0.199. The molecule has 2 rings (SSSR count). The zero-order valence-electron chi connectivity index (χ0n) is 10.7. The van der Waals surface area contributed by atoms with Crippen molar-refractivity contribution in [3.05, 3.63) is 49.0 Å². The molecular formula is C14H15Br2NOS. The van der Waals surface area contributed by atoms with E-state index in [0.29, 0.717) is 0 Å². The highest BCUT2D eigenvalue weighted by Gasteiger charge is 2.13. The molecule has 1 unspecified atom stereocenters. The SMILES string of the molecule is CC(O)c1ccc(Br)cc1N(C)Cc1csc(Br)c1. The molecule has 0 aliphatic rings. The molecule has 2 aromatic rings. The predicted octanol–water partition coefficient (Wildman–Crippen LogP) is 4.96. The van der Waals surface area contributed by atoms with Gasteiger partial charge >= 0.3 is 0 Å². The molecule has 0 aliphatic heterocycles. The van der Waals surface area contributed by atoms with Gasteiger partial charge in [-0.25, -0.2) is 0 Å². The molecule has 0 spiro atoms. The third-order valence-electron chi connectivity index (χ3n) is 2.90. The van der Waals surface area contributed by atoms with Crippen molar-refractivity contribution in [2.75, 3.05) is 11.9 Å². The highest BCUT2D eigenvalue weighted by atomic mass is 79.9. The molecule has 1 N–H and O–H groups in total. The first kappa shape index (κ1) is 15.0. The van der Waals surface area contributed by atoms with Gasteiger partial charge in [0.2, 0.25) is 0 Å². The maximum Gasteiger partial charge on any atom is 0.0782 e. The number of aliphatic hydroxyl groups excluding tert-OH is 1. The van der Waals surface area contributed by atoms with Crippen molar-refractivity contribution in [2.45, 2.75) is 19.6 Å². The first-order valence-corrected chi connectivity index (χ1v) is 8.35. The van der Waals surface area contributed by atoms with Gasteiger partial charge in [-0.15, -0.1) is 11.3 Å². The Labute approximate surface area is 134 Å².